The molecule has 3 aromatic rings. The smallest absolute Gasteiger partial charge is 0.164 e. The average molecular weight is 307 g/mol. The van der Waals surface area contributed by atoms with Gasteiger partial charge in [-0.1, -0.05) is 24.3 Å². The van der Waals surface area contributed by atoms with Crippen molar-refractivity contribution in [1.82, 2.24) is 9.97 Å². The van der Waals surface area contributed by atoms with Crippen LogP contribution in [0.25, 0.3) is 22.3 Å². The summed E-state index contributed by atoms with van der Waals surface area (Å²) in [5.41, 5.74) is 7.54. The van der Waals surface area contributed by atoms with Crippen molar-refractivity contribution >= 4 is 22.4 Å². The lowest BCUT2D eigenvalue weighted by Gasteiger charge is -2.12. The molecule has 0 spiro atoms. The summed E-state index contributed by atoms with van der Waals surface area (Å²) in [6.07, 6.45) is 0. The lowest BCUT2D eigenvalue weighted by Crippen LogP contribution is -2.25. The molecule has 0 aliphatic rings. The van der Waals surface area contributed by atoms with Gasteiger partial charge >= 0.3 is 0 Å². The Morgan fingerprint density at radius 3 is 2.65 bits per heavy atom. The van der Waals surface area contributed by atoms with E-state index in [1.165, 1.54) is 0 Å². The molecule has 0 aliphatic carbocycles. The topological polar surface area (TPSA) is 93.3 Å². The average Bonchev–Trinajstić information content (AvgIpc) is 2.59. The van der Waals surface area contributed by atoms with E-state index in [0.717, 1.165) is 10.9 Å². The first-order valence-electron chi connectivity index (χ1n) is 7.38. The molecule has 3 N–H and O–H groups in total. The van der Waals surface area contributed by atoms with Gasteiger partial charge in [0.1, 0.15) is 11.5 Å². The molecule has 1 aromatic heterocycles. The third kappa shape index (κ3) is 3.17. The molecular formula is C17H17N5O. The molecule has 1 heterocycles. The van der Waals surface area contributed by atoms with Crippen LogP contribution < -0.4 is 11.1 Å². The van der Waals surface area contributed by atoms with Crippen molar-refractivity contribution in [1.29, 1.82) is 0 Å². The highest BCUT2D eigenvalue weighted by atomic mass is 16.3. The quantitative estimate of drug-likeness (QED) is 0.704. The largest absolute Gasteiger partial charge is 0.368 e. The second-order valence-electron chi connectivity index (χ2n) is 5.38. The number of hydrogen-bond donors (Lipinski definition) is 2. The van der Waals surface area contributed by atoms with Gasteiger partial charge in [-0.15, -0.1) is 4.91 Å². The van der Waals surface area contributed by atoms with Gasteiger partial charge in [0.05, 0.1) is 5.52 Å². The second kappa shape index (κ2) is 6.50. The normalized spacial score (nSPS) is 12.1. The lowest BCUT2D eigenvalue weighted by atomic mass is 10.1. The predicted molar refractivity (Wildman–Crippen MR) is 92.6 cm³/mol. The van der Waals surface area contributed by atoms with Crippen LogP contribution >= 0.6 is 0 Å². The summed E-state index contributed by atoms with van der Waals surface area (Å²) in [5, 5.41) is 7.22. The van der Waals surface area contributed by atoms with Crippen LogP contribution in [0.1, 0.15) is 6.92 Å². The van der Waals surface area contributed by atoms with E-state index in [0.29, 0.717) is 29.4 Å². The molecule has 0 aliphatic heterocycles. The summed E-state index contributed by atoms with van der Waals surface area (Å²) in [6.45, 7) is 2.51. The molecule has 6 heteroatoms. The summed E-state index contributed by atoms with van der Waals surface area (Å²) < 4.78 is 0. The zero-order valence-corrected chi connectivity index (χ0v) is 12.7. The lowest BCUT2D eigenvalue weighted by molar-refractivity contribution is 0.778. The highest BCUT2D eigenvalue weighted by molar-refractivity contribution is 5.91. The van der Waals surface area contributed by atoms with Gasteiger partial charge < -0.3 is 11.1 Å². The molecule has 3 rings (SSSR count). The first-order chi connectivity index (χ1) is 11.2. The highest BCUT2D eigenvalue weighted by Gasteiger charge is 2.12. The molecule has 6 nitrogen and oxygen atoms in total. The van der Waals surface area contributed by atoms with Gasteiger partial charge in [0.2, 0.25) is 0 Å². The van der Waals surface area contributed by atoms with Crippen LogP contribution in [0.2, 0.25) is 0 Å². The number of para-hydroxylation sites is 1. The Hall–Kier alpha value is -2.86. The van der Waals surface area contributed by atoms with E-state index in [1.807, 2.05) is 37.3 Å². The van der Waals surface area contributed by atoms with Crippen molar-refractivity contribution in [2.24, 2.45) is 10.9 Å². The van der Waals surface area contributed by atoms with Crippen LogP contribution in [0.15, 0.2) is 53.7 Å². The fourth-order valence-electron chi connectivity index (χ4n) is 2.33. The first-order valence-corrected chi connectivity index (χ1v) is 7.38. The maximum absolute atomic E-state index is 11.0. The van der Waals surface area contributed by atoms with Crippen molar-refractivity contribution in [2.45, 2.75) is 13.0 Å². The monoisotopic (exact) mass is 307 g/mol. The number of anilines is 1. The van der Waals surface area contributed by atoms with Gasteiger partial charge in [-0.3, -0.25) is 0 Å². The Balaban J connectivity index is 2.16. The zero-order valence-electron chi connectivity index (χ0n) is 12.7. The van der Waals surface area contributed by atoms with Crippen LogP contribution in [0.3, 0.4) is 0 Å². The first kappa shape index (κ1) is 15.1. The molecule has 116 valence electrons. The van der Waals surface area contributed by atoms with Gasteiger partial charge in [-0.05, 0) is 36.4 Å². The Bertz CT molecular complexity index is 847. The third-order valence-electron chi connectivity index (χ3n) is 3.44. The number of aromatic nitrogens is 2. The summed E-state index contributed by atoms with van der Waals surface area (Å²) in [4.78, 5) is 20.2. The number of rotatable bonds is 5. The molecule has 1 atom stereocenters. The van der Waals surface area contributed by atoms with Gasteiger partial charge in [0.25, 0.3) is 0 Å². The van der Waals surface area contributed by atoms with Crippen molar-refractivity contribution < 1.29 is 0 Å². The fourth-order valence-corrected chi connectivity index (χ4v) is 2.33. The standard InChI is InChI=1S/C17H17N5O/c1-11(18)10-19-16-12-6-2-4-8-14(12)20-17(21-16)13-7-3-5-9-15(13)22-23/h2-9,11H,10,18H2,1H3,(H,19,20,21). The van der Waals surface area contributed by atoms with Crippen LogP contribution in [-0.4, -0.2) is 22.6 Å². The molecule has 0 fully saturated rings. The van der Waals surface area contributed by atoms with Crippen molar-refractivity contribution in [2.75, 3.05) is 11.9 Å². The van der Waals surface area contributed by atoms with E-state index in [-0.39, 0.29) is 6.04 Å². The van der Waals surface area contributed by atoms with Crippen LogP contribution in [-0.2, 0) is 0 Å². The minimum absolute atomic E-state index is 0.00361. The maximum Gasteiger partial charge on any atom is 0.164 e. The summed E-state index contributed by atoms with van der Waals surface area (Å²) in [6, 6.07) is 14.7. The minimum atomic E-state index is -0.00361. The summed E-state index contributed by atoms with van der Waals surface area (Å²) >= 11 is 0. The molecule has 0 saturated carbocycles. The number of fused-ring (bicyclic) bond motifs is 1. The second-order valence-corrected chi connectivity index (χ2v) is 5.38. The number of benzene rings is 2. The van der Waals surface area contributed by atoms with Crippen molar-refractivity contribution in [3.05, 3.63) is 53.4 Å². The molecule has 23 heavy (non-hydrogen) atoms. The Morgan fingerprint density at radius 1 is 1.13 bits per heavy atom. The zero-order chi connectivity index (χ0) is 16.2. The molecule has 1 unspecified atom stereocenters. The van der Waals surface area contributed by atoms with Gasteiger partial charge in [-0.2, -0.15) is 0 Å². The van der Waals surface area contributed by atoms with E-state index >= 15 is 0 Å². The summed E-state index contributed by atoms with van der Waals surface area (Å²) in [7, 11) is 0. The SMILES string of the molecule is CC(N)CNc1nc(-c2ccccc2N=O)nc2ccccc12. The van der Waals surface area contributed by atoms with Gasteiger partial charge in [0, 0.05) is 23.5 Å². The number of nitroso groups, excluding NO2 is 1. The van der Waals surface area contributed by atoms with E-state index in [9.17, 15) is 4.91 Å². The number of hydrogen-bond acceptors (Lipinski definition) is 6. The fraction of sp³-hybridized carbons (Fsp3) is 0.176. The molecule has 0 radical (unpaired) electrons. The molecule has 2 aromatic carbocycles. The molecule has 0 amide bonds. The Labute approximate surface area is 133 Å². The van der Waals surface area contributed by atoms with Crippen molar-refractivity contribution in [3.8, 4) is 11.4 Å². The number of nitrogens with two attached hydrogens (primary N) is 1. The van der Waals surface area contributed by atoms with Gasteiger partial charge in [-0.25, -0.2) is 9.97 Å². The van der Waals surface area contributed by atoms with Crippen molar-refractivity contribution in [3.63, 3.8) is 0 Å². The predicted octanol–water partition coefficient (Wildman–Crippen LogP) is 3.45. The van der Waals surface area contributed by atoms with E-state index in [2.05, 4.69) is 20.5 Å². The van der Waals surface area contributed by atoms with Gasteiger partial charge in [0.15, 0.2) is 5.82 Å². The van der Waals surface area contributed by atoms with Crippen LogP contribution in [0.5, 0.6) is 0 Å². The number of nitrogens with one attached hydrogen (secondary N) is 1. The maximum atomic E-state index is 11.0. The van der Waals surface area contributed by atoms with E-state index in [4.69, 9.17) is 5.73 Å². The molecular weight excluding hydrogens is 290 g/mol. The molecule has 0 bridgehead atoms. The number of nitrogens with zero attached hydrogens (tertiary/aromatic N) is 3. The van der Waals surface area contributed by atoms with Crippen LogP contribution in [0, 0.1) is 4.91 Å². The minimum Gasteiger partial charge on any atom is -0.368 e. The molecule has 0 saturated heterocycles. The van der Waals surface area contributed by atoms with E-state index < -0.39 is 0 Å². The summed E-state index contributed by atoms with van der Waals surface area (Å²) in [5.74, 6) is 1.16. The Kier molecular flexibility index (Phi) is 4.25. The van der Waals surface area contributed by atoms with Crippen LogP contribution in [0.4, 0.5) is 11.5 Å². The van der Waals surface area contributed by atoms with E-state index in [1.54, 1.807) is 18.2 Å². The third-order valence-corrected chi connectivity index (χ3v) is 3.44. The highest BCUT2D eigenvalue weighted by Crippen LogP contribution is 2.30. The Morgan fingerprint density at radius 2 is 1.87 bits per heavy atom.